The smallest absolute Gasteiger partial charge is 0.374 e. The summed E-state index contributed by atoms with van der Waals surface area (Å²) < 4.78 is 0. The molecular formula is C12H18N4O2. The van der Waals surface area contributed by atoms with Crippen molar-refractivity contribution in [2.24, 2.45) is 0 Å². The van der Waals surface area contributed by atoms with Crippen molar-refractivity contribution in [2.75, 3.05) is 18.4 Å². The molecule has 0 bridgehead atoms. The summed E-state index contributed by atoms with van der Waals surface area (Å²) in [6.07, 6.45) is 2.87. The lowest BCUT2D eigenvalue weighted by Gasteiger charge is -2.20. The van der Waals surface area contributed by atoms with Crippen LogP contribution in [0.1, 0.15) is 41.6 Å². The molecule has 0 unspecified atom stereocenters. The number of nitrogens with zero attached hydrogens (tertiary/aromatic N) is 2. The number of aromatic nitrogens is 2. The van der Waals surface area contributed by atoms with Gasteiger partial charge in [0.1, 0.15) is 5.82 Å². The Hall–Kier alpha value is -1.69. The monoisotopic (exact) mass is 250 g/mol. The summed E-state index contributed by atoms with van der Waals surface area (Å²) in [5.41, 5.74) is 1.85. The molecule has 0 atom stereocenters. The van der Waals surface area contributed by atoms with E-state index in [2.05, 4.69) is 27.5 Å². The zero-order valence-corrected chi connectivity index (χ0v) is 10.5. The van der Waals surface area contributed by atoms with Crippen LogP contribution in [-0.2, 0) is 13.0 Å². The van der Waals surface area contributed by atoms with Crippen molar-refractivity contribution in [1.82, 2.24) is 15.3 Å². The van der Waals surface area contributed by atoms with Crippen LogP contribution in [0.5, 0.6) is 0 Å². The summed E-state index contributed by atoms with van der Waals surface area (Å²) in [7, 11) is 0. The Labute approximate surface area is 106 Å². The number of fused-ring (bicyclic) bond motifs is 1. The molecule has 2 heterocycles. The zero-order valence-electron chi connectivity index (χ0n) is 10.5. The Morgan fingerprint density at radius 1 is 1.50 bits per heavy atom. The van der Waals surface area contributed by atoms with Crippen molar-refractivity contribution in [3.63, 3.8) is 0 Å². The summed E-state index contributed by atoms with van der Waals surface area (Å²) in [4.78, 5) is 19.2. The maximum Gasteiger partial charge on any atom is 0.374 e. The molecule has 6 heteroatoms. The Morgan fingerprint density at radius 2 is 2.33 bits per heavy atom. The van der Waals surface area contributed by atoms with Crippen molar-refractivity contribution >= 4 is 11.8 Å². The average Bonchev–Trinajstić information content (AvgIpc) is 2.38. The second-order valence-electron chi connectivity index (χ2n) is 4.33. The predicted octanol–water partition coefficient (Wildman–Crippen LogP) is 1.03. The standard InChI is InChI=1S/C12H18N4O2/c1-2-3-5-14-10-8-7-13-6-4-9(8)15-11(16-10)12(17)18/h13H,2-7H2,1H3,(H,17,18)(H,14,15,16). The van der Waals surface area contributed by atoms with E-state index in [0.717, 1.165) is 43.6 Å². The highest BCUT2D eigenvalue weighted by Gasteiger charge is 2.19. The maximum absolute atomic E-state index is 11.0. The van der Waals surface area contributed by atoms with Gasteiger partial charge in [-0.05, 0) is 6.42 Å². The van der Waals surface area contributed by atoms with Crippen LogP contribution in [0.15, 0.2) is 0 Å². The number of carboxylic acids is 1. The summed E-state index contributed by atoms with van der Waals surface area (Å²) in [6.45, 7) is 4.45. The molecule has 0 aromatic carbocycles. The molecule has 1 aromatic rings. The zero-order chi connectivity index (χ0) is 13.0. The molecule has 6 nitrogen and oxygen atoms in total. The van der Waals surface area contributed by atoms with E-state index in [-0.39, 0.29) is 5.82 Å². The number of rotatable bonds is 5. The summed E-state index contributed by atoms with van der Waals surface area (Å²) in [5, 5.41) is 15.5. The SMILES string of the molecule is CCCCNc1nc(C(=O)O)nc2c1CNCC2. The fourth-order valence-electron chi connectivity index (χ4n) is 1.97. The van der Waals surface area contributed by atoms with Gasteiger partial charge in [0.15, 0.2) is 0 Å². The van der Waals surface area contributed by atoms with E-state index in [1.54, 1.807) is 0 Å². The highest BCUT2D eigenvalue weighted by Crippen LogP contribution is 2.20. The summed E-state index contributed by atoms with van der Waals surface area (Å²) >= 11 is 0. The third-order valence-corrected chi connectivity index (χ3v) is 2.95. The van der Waals surface area contributed by atoms with Gasteiger partial charge in [-0.3, -0.25) is 0 Å². The van der Waals surface area contributed by atoms with Crippen LogP contribution in [0.4, 0.5) is 5.82 Å². The first kappa shape index (κ1) is 12.8. The lowest BCUT2D eigenvalue weighted by atomic mass is 10.1. The van der Waals surface area contributed by atoms with Crippen molar-refractivity contribution in [1.29, 1.82) is 0 Å². The molecular weight excluding hydrogens is 232 g/mol. The Kier molecular flexibility index (Phi) is 4.09. The van der Waals surface area contributed by atoms with Gasteiger partial charge >= 0.3 is 5.97 Å². The minimum Gasteiger partial charge on any atom is -0.475 e. The van der Waals surface area contributed by atoms with Gasteiger partial charge in [0.05, 0.1) is 5.69 Å². The van der Waals surface area contributed by atoms with E-state index in [9.17, 15) is 4.79 Å². The quantitative estimate of drug-likeness (QED) is 0.677. The molecule has 1 aliphatic rings. The third-order valence-electron chi connectivity index (χ3n) is 2.95. The Bertz CT molecular complexity index is 448. The molecule has 0 fully saturated rings. The van der Waals surface area contributed by atoms with Crippen LogP contribution in [0.2, 0.25) is 0 Å². The van der Waals surface area contributed by atoms with Crippen LogP contribution < -0.4 is 10.6 Å². The normalized spacial score (nSPS) is 14.1. The molecule has 0 amide bonds. The molecule has 2 rings (SSSR count). The molecule has 0 radical (unpaired) electrons. The molecule has 98 valence electrons. The van der Waals surface area contributed by atoms with E-state index < -0.39 is 5.97 Å². The highest BCUT2D eigenvalue weighted by molar-refractivity contribution is 5.83. The van der Waals surface area contributed by atoms with E-state index in [1.807, 2.05) is 0 Å². The van der Waals surface area contributed by atoms with E-state index in [0.29, 0.717) is 12.4 Å². The van der Waals surface area contributed by atoms with Gasteiger partial charge in [-0.2, -0.15) is 0 Å². The van der Waals surface area contributed by atoms with Gasteiger partial charge in [0.2, 0.25) is 5.82 Å². The average molecular weight is 250 g/mol. The van der Waals surface area contributed by atoms with Gasteiger partial charge in [-0.15, -0.1) is 0 Å². The second kappa shape index (κ2) is 5.77. The lowest BCUT2D eigenvalue weighted by molar-refractivity contribution is 0.0683. The Morgan fingerprint density at radius 3 is 3.06 bits per heavy atom. The van der Waals surface area contributed by atoms with Crippen molar-refractivity contribution in [3.05, 3.63) is 17.1 Å². The van der Waals surface area contributed by atoms with E-state index in [4.69, 9.17) is 5.11 Å². The van der Waals surface area contributed by atoms with Crippen LogP contribution in [0.25, 0.3) is 0 Å². The first-order valence-corrected chi connectivity index (χ1v) is 6.30. The molecule has 0 saturated heterocycles. The molecule has 0 spiro atoms. The van der Waals surface area contributed by atoms with Gasteiger partial charge in [-0.1, -0.05) is 13.3 Å². The number of anilines is 1. The fourth-order valence-corrected chi connectivity index (χ4v) is 1.97. The number of hydrogen-bond donors (Lipinski definition) is 3. The molecule has 1 aromatic heterocycles. The van der Waals surface area contributed by atoms with Crippen molar-refractivity contribution < 1.29 is 9.90 Å². The van der Waals surface area contributed by atoms with Crippen LogP contribution in [-0.4, -0.2) is 34.1 Å². The van der Waals surface area contributed by atoms with Gasteiger partial charge in [0.25, 0.3) is 0 Å². The maximum atomic E-state index is 11.0. The number of carboxylic acid groups (broad SMARTS) is 1. The number of carbonyl (C=O) groups is 1. The number of aromatic carboxylic acids is 1. The van der Waals surface area contributed by atoms with E-state index in [1.165, 1.54) is 0 Å². The first-order valence-electron chi connectivity index (χ1n) is 6.30. The van der Waals surface area contributed by atoms with Crippen LogP contribution in [0.3, 0.4) is 0 Å². The highest BCUT2D eigenvalue weighted by atomic mass is 16.4. The van der Waals surface area contributed by atoms with Gasteiger partial charge in [-0.25, -0.2) is 14.8 Å². The van der Waals surface area contributed by atoms with Crippen molar-refractivity contribution in [2.45, 2.75) is 32.7 Å². The van der Waals surface area contributed by atoms with Gasteiger partial charge in [0, 0.05) is 31.6 Å². The second-order valence-corrected chi connectivity index (χ2v) is 4.33. The van der Waals surface area contributed by atoms with Gasteiger partial charge < -0.3 is 15.7 Å². The molecule has 3 N–H and O–H groups in total. The number of hydrogen-bond acceptors (Lipinski definition) is 5. The summed E-state index contributed by atoms with van der Waals surface area (Å²) in [6, 6.07) is 0. The van der Waals surface area contributed by atoms with E-state index >= 15 is 0 Å². The number of nitrogens with one attached hydrogen (secondary N) is 2. The molecule has 0 saturated carbocycles. The predicted molar refractivity (Wildman–Crippen MR) is 67.8 cm³/mol. The lowest BCUT2D eigenvalue weighted by Crippen LogP contribution is -2.27. The van der Waals surface area contributed by atoms with Crippen LogP contribution in [0, 0.1) is 0 Å². The molecule has 1 aliphatic heterocycles. The Balaban J connectivity index is 2.29. The topological polar surface area (TPSA) is 87.1 Å². The molecule has 0 aliphatic carbocycles. The minimum absolute atomic E-state index is 0.116. The third kappa shape index (κ3) is 2.76. The minimum atomic E-state index is -1.07. The fraction of sp³-hybridized carbons (Fsp3) is 0.583. The largest absolute Gasteiger partial charge is 0.475 e. The van der Waals surface area contributed by atoms with Crippen molar-refractivity contribution in [3.8, 4) is 0 Å². The first-order chi connectivity index (χ1) is 8.72. The summed E-state index contributed by atoms with van der Waals surface area (Å²) in [5.74, 6) is -0.525. The number of unbranched alkanes of at least 4 members (excludes halogenated alkanes) is 1. The van der Waals surface area contributed by atoms with Crippen LogP contribution >= 0.6 is 0 Å². The molecule has 18 heavy (non-hydrogen) atoms.